The van der Waals surface area contributed by atoms with Gasteiger partial charge in [0.1, 0.15) is 0 Å². The highest BCUT2D eigenvalue weighted by Crippen LogP contribution is 2.35. The summed E-state index contributed by atoms with van der Waals surface area (Å²) in [5.74, 6) is 0. The number of morpholine rings is 1. The molecule has 1 atom stereocenters. The van der Waals surface area contributed by atoms with Crippen molar-refractivity contribution in [2.45, 2.75) is 11.0 Å². The van der Waals surface area contributed by atoms with Crippen molar-refractivity contribution in [3.63, 3.8) is 0 Å². The Kier molecular flexibility index (Phi) is 6.50. The maximum atomic E-state index is 12.0. The molecule has 0 amide bonds. The van der Waals surface area contributed by atoms with E-state index in [0.717, 1.165) is 40.9 Å². The minimum Gasteiger partial charge on any atom is -0.387 e. The van der Waals surface area contributed by atoms with E-state index < -0.39 is 16.1 Å². The summed E-state index contributed by atoms with van der Waals surface area (Å²) in [6.45, 7) is 3.47. The lowest BCUT2D eigenvalue weighted by Crippen LogP contribution is -2.38. The van der Waals surface area contributed by atoms with Crippen molar-refractivity contribution in [2.24, 2.45) is 5.14 Å². The van der Waals surface area contributed by atoms with Crippen LogP contribution in [-0.4, -0.2) is 51.3 Å². The van der Waals surface area contributed by atoms with Crippen LogP contribution in [0.4, 0.5) is 0 Å². The van der Waals surface area contributed by atoms with E-state index in [9.17, 15) is 13.5 Å². The zero-order chi connectivity index (χ0) is 21.8. The number of primary sulfonamides is 1. The lowest BCUT2D eigenvalue weighted by atomic mass is 9.93. The van der Waals surface area contributed by atoms with Gasteiger partial charge in [-0.25, -0.2) is 13.6 Å². The average molecular weight is 439 g/mol. The Bertz CT molecular complexity index is 1140. The first-order valence-corrected chi connectivity index (χ1v) is 11.8. The Balaban J connectivity index is 1.73. The number of ether oxygens (including phenoxy) is 1. The average Bonchev–Trinajstić information content (AvgIpc) is 2.79. The van der Waals surface area contributed by atoms with Crippen LogP contribution in [0.2, 0.25) is 0 Å². The van der Waals surface area contributed by atoms with Crippen LogP contribution in [0.5, 0.6) is 0 Å². The minimum atomic E-state index is -3.85. The van der Waals surface area contributed by atoms with Gasteiger partial charge in [-0.1, -0.05) is 54.6 Å². The Morgan fingerprint density at radius 3 is 2.32 bits per heavy atom. The highest BCUT2D eigenvalue weighted by Gasteiger charge is 2.18. The van der Waals surface area contributed by atoms with Crippen LogP contribution in [0.3, 0.4) is 0 Å². The summed E-state index contributed by atoms with van der Waals surface area (Å²) in [5, 5.41) is 16.2. The summed E-state index contributed by atoms with van der Waals surface area (Å²) in [7, 11) is -3.85. The van der Waals surface area contributed by atoms with Crippen molar-refractivity contribution in [1.82, 2.24) is 4.90 Å². The molecule has 3 N–H and O–H groups in total. The van der Waals surface area contributed by atoms with Crippen molar-refractivity contribution in [3.05, 3.63) is 78.4 Å². The molecular formula is C24H26N2O4S. The van der Waals surface area contributed by atoms with E-state index in [1.165, 1.54) is 6.07 Å². The second-order valence-corrected chi connectivity index (χ2v) is 9.23. The van der Waals surface area contributed by atoms with E-state index in [-0.39, 0.29) is 4.90 Å². The van der Waals surface area contributed by atoms with E-state index in [4.69, 9.17) is 9.88 Å². The van der Waals surface area contributed by atoms with Crippen LogP contribution < -0.4 is 5.14 Å². The SMILES string of the molecule is NS(=O)(=O)c1ccc(-c2ccccc2)c(-c2cccc(C(O)CN3CCOCC3)c2)c1. The Morgan fingerprint density at radius 1 is 0.903 bits per heavy atom. The Labute approximate surface area is 182 Å². The fourth-order valence-corrected chi connectivity index (χ4v) is 4.40. The number of rotatable bonds is 6. The number of hydrogen-bond donors (Lipinski definition) is 2. The molecular weight excluding hydrogens is 412 g/mol. The van der Waals surface area contributed by atoms with Crippen molar-refractivity contribution in [2.75, 3.05) is 32.8 Å². The maximum Gasteiger partial charge on any atom is 0.238 e. The number of benzene rings is 3. The number of aliphatic hydroxyl groups is 1. The smallest absolute Gasteiger partial charge is 0.238 e. The molecule has 1 heterocycles. The fourth-order valence-electron chi connectivity index (χ4n) is 3.86. The van der Waals surface area contributed by atoms with Crippen LogP contribution in [0, 0.1) is 0 Å². The van der Waals surface area contributed by atoms with Gasteiger partial charge in [0, 0.05) is 19.6 Å². The lowest BCUT2D eigenvalue weighted by Gasteiger charge is -2.28. The molecule has 0 saturated carbocycles. The number of nitrogens with zero attached hydrogens (tertiary/aromatic N) is 1. The molecule has 0 bridgehead atoms. The highest BCUT2D eigenvalue weighted by atomic mass is 32.2. The first-order valence-electron chi connectivity index (χ1n) is 10.2. The molecule has 4 rings (SSSR count). The van der Waals surface area contributed by atoms with Gasteiger partial charge in [-0.05, 0) is 46.0 Å². The monoisotopic (exact) mass is 438 g/mol. The van der Waals surface area contributed by atoms with Gasteiger partial charge in [-0.2, -0.15) is 0 Å². The van der Waals surface area contributed by atoms with Gasteiger partial charge in [0.05, 0.1) is 24.2 Å². The van der Waals surface area contributed by atoms with Crippen LogP contribution in [0.1, 0.15) is 11.7 Å². The van der Waals surface area contributed by atoms with Gasteiger partial charge in [0.2, 0.25) is 10.0 Å². The van der Waals surface area contributed by atoms with Gasteiger partial charge in [0.15, 0.2) is 0 Å². The van der Waals surface area contributed by atoms with Gasteiger partial charge in [-0.15, -0.1) is 0 Å². The standard InChI is InChI=1S/C24H26N2O4S/c25-31(28,29)21-9-10-22(18-5-2-1-3-6-18)23(16-21)19-7-4-8-20(15-19)24(27)17-26-11-13-30-14-12-26/h1-10,15-16,24,27H,11-14,17H2,(H2,25,28,29). The molecule has 1 unspecified atom stereocenters. The van der Waals surface area contributed by atoms with Crippen LogP contribution in [0.25, 0.3) is 22.3 Å². The van der Waals surface area contributed by atoms with E-state index >= 15 is 0 Å². The zero-order valence-corrected chi connectivity index (χ0v) is 18.0. The first kappa shape index (κ1) is 21.7. The van der Waals surface area contributed by atoms with Crippen molar-refractivity contribution in [1.29, 1.82) is 0 Å². The molecule has 1 saturated heterocycles. The van der Waals surface area contributed by atoms with E-state index in [1.54, 1.807) is 12.1 Å². The third-order valence-electron chi connectivity index (χ3n) is 5.52. The number of hydrogen-bond acceptors (Lipinski definition) is 5. The number of sulfonamides is 1. The van der Waals surface area contributed by atoms with E-state index in [1.807, 2.05) is 54.6 Å². The van der Waals surface area contributed by atoms with Crippen LogP contribution >= 0.6 is 0 Å². The van der Waals surface area contributed by atoms with E-state index in [0.29, 0.717) is 19.8 Å². The van der Waals surface area contributed by atoms with Crippen LogP contribution in [-0.2, 0) is 14.8 Å². The Morgan fingerprint density at radius 2 is 1.61 bits per heavy atom. The van der Waals surface area contributed by atoms with Crippen molar-refractivity contribution >= 4 is 10.0 Å². The lowest BCUT2D eigenvalue weighted by molar-refractivity contribution is 0.0143. The summed E-state index contributed by atoms with van der Waals surface area (Å²) in [4.78, 5) is 2.24. The van der Waals surface area contributed by atoms with Gasteiger partial charge in [-0.3, -0.25) is 4.90 Å². The summed E-state index contributed by atoms with van der Waals surface area (Å²) in [5.41, 5.74) is 4.22. The topological polar surface area (TPSA) is 92.9 Å². The van der Waals surface area contributed by atoms with Crippen LogP contribution in [0.15, 0.2) is 77.7 Å². The highest BCUT2D eigenvalue weighted by molar-refractivity contribution is 7.89. The predicted octanol–water partition coefficient (Wildman–Crippen LogP) is 3.03. The number of β-amino-alcohol motifs (C(OH)–C–C–N with tert-alkyl or cyclic N) is 1. The normalized spacial score (nSPS) is 16.2. The summed E-state index contributed by atoms with van der Waals surface area (Å²) < 4.78 is 29.3. The second-order valence-electron chi connectivity index (χ2n) is 7.67. The molecule has 0 spiro atoms. The molecule has 0 radical (unpaired) electrons. The van der Waals surface area contributed by atoms with Crippen molar-refractivity contribution in [3.8, 4) is 22.3 Å². The summed E-state index contributed by atoms with van der Waals surface area (Å²) in [6, 6.07) is 22.3. The summed E-state index contributed by atoms with van der Waals surface area (Å²) in [6.07, 6.45) is -0.653. The molecule has 1 fully saturated rings. The zero-order valence-electron chi connectivity index (χ0n) is 17.1. The first-order chi connectivity index (χ1) is 14.9. The minimum absolute atomic E-state index is 0.0569. The predicted molar refractivity (Wildman–Crippen MR) is 121 cm³/mol. The molecule has 7 heteroatoms. The largest absolute Gasteiger partial charge is 0.387 e. The molecule has 1 aliphatic heterocycles. The summed E-state index contributed by atoms with van der Waals surface area (Å²) >= 11 is 0. The van der Waals surface area contributed by atoms with Gasteiger partial charge < -0.3 is 9.84 Å². The third kappa shape index (κ3) is 5.20. The molecule has 6 nitrogen and oxygen atoms in total. The molecule has 3 aromatic carbocycles. The molecule has 31 heavy (non-hydrogen) atoms. The molecule has 1 aliphatic rings. The fraction of sp³-hybridized carbons (Fsp3) is 0.250. The van der Waals surface area contributed by atoms with Gasteiger partial charge >= 0.3 is 0 Å². The molecule has 162 valence electrons. The molecule has 0 aliphatic carbocycles. The second kappa shape index (κ2) is 9.30. The van der Waals surface area contributed by atoms with E-state index in [2.05, 4.69) is 4.90 Å². The van der Waals surface area contributed by atoms with Crippen molar-refractivity contribution < 1.29 is 18.3 Å². The quantitative estimate of drug-likeness (QED) is 0.617. The van der Waals surface area contributed by atoms with Gasteiger partial charge in [0.25, 0.3) is 0 Å². The molecule has 0 aromatic heterocycles. The number of nitrogens with two attached hydrogens (primary N) is 1. The maximum absolute atomic E-state index is 12.0. The number of aliphatic hydroxyl groups excluding tert-OH is 1. The Hall–Kier alpha value is -2.55. The third-order valence-corrected chi connectivity index (χ3v) is 6.43. The molecule has 3 aromatic rings.